The molecular formula is C20H15ClFN3O2S. The Balaban J connectivity index is 1.61. The van der Waals surface area contributed by atoms with Crippen LogP contribution in [0.15, 0.2) is 65.8 Å². The van der Waals surface area contributed by atoms with Crippen molar-refractivity contribution in [1.29, 1.82) is 0 Å². The largest absolute Gasteiger partial charge is 0.321 e. The van der Waals surface area contributed by atoms with Crippen LogP contribution in [0, 0.1) is 5.82 Å². The Morgan fingerprint density at radius 1 is 0.929 bits per heavy atom. The van der Waals surface area contributed by atoms with Crippen molar-refractivity contribution >= 4 is 46.2 Å². The average Bonchev–Trinajstić information content (AvgIpc) is 3.13. The van der Waals surface area contributed by atoms with Gasteiger partial charge in [-0.25, -0.2) is 9.82 Å². The number of carbonyl (C=O) groups is 2. The first-order valence-electron chi connectivity index (χ1n) is 8.20. The molecule has 1 aromatic heterocycles. The number of nitrogens with zero attached hydrogens (tertiary/aromatic N) is 1. The van der Waals surface area contributed by atoms with Gasteiger partial charge in [0, 0.05) is 11.3 Å². The van der Waals surface area contributed by atoms with Gasteiger partial charge in [-0.1, -0.05) is 23.7 Å². The van der Waals surface area contributed by atoms with E-state index < -0.39 is 11.7 Å². The summed E-state index contributed by atoms with van der Waals surface area (Å²) in [6.45, 7) is 1.74. The van der Waals surface area contributed by atoms with Crippen molar-refractivity contribution in [1.82, 2.24) is 5.43 Å². The Kier molecular flexibility index (Phi) is 6.18. The van der Waals surface area contributed by atoms with E-state index in [1.165, 1.54) is 35.6 Å². The second-order valence-electron chi connectivity index (χ2n) is 5.78. The molecule has 0 spiro atoms. The van der Waals surface area contributed by atoms with Gasteiger partial charge in [-0.05, 0) is 61.0 Å². The summed E-state index contributed by atoms with van der Waals surface area (Å²) in [5, 5.41) is 6.84. The highest BCUT2D eigenvalue weighted by Crippen LogP contribution is 2.22. The second-order valence-corrected chi connectivity index (χ2v) is 7.50. The quantitative estimate of drug-likeness (QED) is 0.457. The van der Waals surface area contributed by atoms with Gasteiger partial charge in [0.25, 0.3) is 11.8 Å². The lowest BCUT2D eigenvalue weighted by atomic mass is 10.1. The molecule has 0 radical (unpaired) electrons. The van der Waals surface area contributed by atoms with Crippen molar-refractivity contribution in [3.05, 3.63) is 86.8 Å². The van der Waals surface area contributed by atoms with E-state index in [-0.39, 0.29) is 5.91 Å². The number of hydrogen-bond acceptors (Lipinski definition) is 4. The molecule has 0 saturated heterocycles. The number of benzene rings is 2. The Morgan fingerprint density at radius 3 is 2.18 bits per heavy atom. The fraction of sp³-hybridized carbons (Fsp3) is 0.0500. The molecule has 142 valence electrons. The fourth-order valence-electron chi connectivity index (χ4n) is 2.29. The van der Waals surface area contributed by atoms with Gasteiger partial charge < -0.3 is 5.32 Å². The van der Waals surface area contributed by atoms with Crippen LogP contribution in [0.3, 0.4) is 0 Å². The molecule has 2 aromatic carbocycles. The molecule has 0 fully saturated rings. The Morgan fingerprint density at radius 2 is 1.57 bits per heavy atom. The standard InChI is InChI=1S/C20H15ClFN3O2S/c1-12(24-25-19(26)14-2-6-15(22)7-3-14)13-4-8-16(9-5-13)23-20(27)17-10-11-18(21)28-17/h2-11H,1H3,(H,23,27)(H,25,26)/b24-12-. The van der Waals surface area contributed by atoms with Crippen LogP contribution < -0.4 is 10.7 Å². The molecule has 2 amide bonds. The van der Waals surface area contributed by atoms with Gasteiger partial charge >= 0.3 is 0 Å². The molecule has 8 heteroatoms. The molecule has 3 rings (SSSR count). The molecule has 5 nitrogen and oxygen atoms in total. The lowest BCUT2D eigenvalue weighted by Gasteiger charge is -2.06. The zero-order valence-corrected chi connectivity index (χ0v) is 16.3. The number of nitrogens with one attached hydrogen (secondary N) is 2. The first-order valence-corrected chi connectivity index (χ1v) is 9.39. The third-order valence-corrected chi connectivity index (χ3v) is 5.02. The molecular weight excluding hydrogens is 401 g/mol. The van der Waals surface area contributed by atoms with E-state index in [1.807, 2.05) is 0 Å². The molecule has 0 aliphatic carbocycles. The first kappa shape index (κ1) is 19.7. The number of halogens is 2. The highest BCUT2D eigenvalue weighted by atomic mass is 35.5. The second kappa shape index (κ2) is 8.77. The van der Waals surface area contributed by atoms with Gasteiger partial charge in [0.05, 0.1) is 14.9 Å². The zero-order valence-electron chi connectivity index (χ0n) is 14.7. The normalized spacial score (nSPS) is 11.2. The number of anilines is 1. The minimum Gasteiger partial charge on any atom is -0.321 e. The minimum absolute atomic E-state index is 0.235. The van der Waals surface area contributed by atoms with E-state index in [9.17, 15) is 14.0 Å². The zero-order chi connectivity index (χ0) is 20.1. The van der Waals surface area contributed by atoms with Crippen LogP contribution in [0.25, 0.3) is 0 Å². The van der Waals surface area contributed by atoms with Crippen LogP contribution in [0.5, 0.6) is 0 Å². The van der Waals surface area contributed by atoms with Gasteiger partial charge in [0.15, 0.2) is 0 Å². The first-order chi connectivity index (χ1) is 13.4. The van der Waals surface area contributed by atoms with Gasteiger partial charge in [-0.15, -0.1) is 11.3 Å². The van der Waals surface area contributed by atoms with Crippen LogP contribution in [-0.4, -0.2) is 17.5 Å². The van der Waals surface area contributed by atoms with Crippen LogP contribution >= 0.6 is 22.9 Å². The fourth-order valence-corrected chi connectivity index (χ4v) is 3.23. The van der Waals surface area contributed by atoms with E-state index in [0.717, 1.165) is 5.56 Å². The Bertz CT molecular complexity index is 1030. The predicted molar refractivity (Wildman–Crippen MR) is 110 cm³/mol. The maximum Gasteiger partial charge on any atom is 0.271 e. The van der Waals surface area contributed by atoms with Crippen molar-refractivity contribution in [3.63, 3.8) is 0 Å². The van der Waals surface area contributed by atoms with Crippen LogP contribution in [0.1, 0.15) is 32.5 Å². The van der Waals surface area contributed by atoms with E-state index in [4.69, 9.17) is 11.6 Å². The summed E-state index contributed by atoms with van der Waals surface area (Å²) < 4.78 is 13.5. The summed E-state index contributed by atoms with van der Waals surface area (Å²) in [6, 6.07) is 15.6. The summed E-state index contributed by atoms with van der Waals surface area (Å²) in [4.78, 5) is 24.7. The summed E-state index contributed by atoms with van der Waals surface area (Å²) in [5.41, 5.74) is 4.73. The van der Waals surface area contributed by atoms with E-state index >= 15 is 0 Å². The highest BCUT2D eigenvalue weighted by Gasteiger charge is 2.09. The molecule has 3 aromatic rings. The number of thiophene rings is 1. The van der Waals surface area contributed by atoms with Crippen molar-refractivity contribution in [2.45, 2.75) is 6.92 Å². The molecule has 0 saturated carbocycles. The highest BCUT2D eigenvalue weighted by molar-refractivity contribution is 7.18. The molecule has 1 heterocycles. The van der Waals surface area contributed by atoms with E-state index in [1.54, 1.807) is 43.3 Å². The van der Waals surface area contributed by atoms with Crippen molar-refractivity contribution < 1.29 is 14.0 Å². The molecule has 0 atom stereocenters. The predicted octanol–water partition coefficient (Wildman–Crippen LogP) is 4.95. The maximum absolute atomic E-state index is 12.9. The number of carbonyl (C=O) groups excluding carboxylic acids is 2. The molecule has 0 aliphatic rings. The van der Waals surface area contributed by atoms with Crippen LogP contribution in [0.4, 0.5) is 10.1 Å². The smallest absolute Gasteiger partial charge is 0.271 e. The van der Waals surface area contributed by atoms with Gasteiger partial charge in [0.2, 0.25) is 0 Å². The summed E-state index contributed by atoms with van der Waals surface area (Å²) in [7, 11) is 0. The van der Waals surface area contributed by atoms with Gasteiger partial charge in [-0.2, -0.15) is 5.10 Å². The topological polar surface area (TPSA) is 70.6 Å². The lowest BCUT2D eigenvalue weighted by molar-refractivity contribution is 0.0954. The monoisotopic (exact) mass is 415 g/mol. The maximum atomic E-state index is 12.9. The lowest BCUT2D eigenvalue weighted by Crippen LogP contribution is -2.19. The van der Waals surface area contributed by atoms with E-state index in [2.05, 4.69) is 15.8 Å². The minimum atomic E-state index is -0.433. The third kappa shape index (κ3) is 5.03. The molecule has 0 aliphatic heterocycles. The summed E-state index contributed by atoms with van der Waals surface area (Å²) in [6.07, 6.45) is 0. The van der Waals surface area contributed by atoms with Crippen molar-refractivity contribution in [2.75, 3.05) is 5.32 Å². The molecule has 2 N–H and O–H groups in total. The molecule has 0 unspecified atom stereocenters. The van der Waals surface area contributed by atoms with Crippen molar-refractivity contribution in [2.24, 2.45) is 5.10 Å². The number of hydrogen-bond donors (Lipinski definition) is 2. The number of hydrazone groups is 1. The SMILES string of the molecule is C/C(=N/NC(=O)c1ccc(F)cc1)c1ccc(NC(=O)c2ccc(Cl)s2)cc1. The number of amides is 2. The average molecular weight is 416 g/mol. The summed E-state index contributed by atoms with van der Waals surface area (Å²) >= 11 is 7.04. The van der Waals surface area contributed by atoms with Crippen LogP contribution in [0.2, 0.25) is 4.34 Å². The van der Waals surface area contributed by atoms with Crippen molar-refractivity contribution in [3.8, 4) is 0 Å². The molecule has 28 heavy (non-hydrogen) atoms. The Labute approximate surface area is 169 Å². The molecule has 0 bridgehead atoms. The van der Waals surface area contributed by atoms with Crippen LogP contribution in [-0.2, 0) is 0 Å². The Hall–Kier alpha value is -3.03. The third-order valence-electron chi connectivity index (χ3n) is 3.79. The van der Waals surface area contributed by atoms with Gasteiger partial charge in [-0.3, -0.25) is 9.59 Å². The summed E-state index contributed by atoms with van der Waals surface area (Å²) in [5.74, 6) is -1.08. The van der Waals surface area contributed by atoms with Gasteiger partial charge in [0.1, 0.15) is 5.82 Å². The van der Waals surface area contributed by atoms with E-state index in [0.29, 0.717) is 26.2 Å². The number of rotatable bonds is 5.